The molecule has 3 N–H and O–H groups in total. The molecule has 8 heteroatoms. The number of alkyl halides is 1. The average molecular weight is 407 g/mol. The lowest BCUT2D eigenvalue weighted by atomic mass is 9.98. The van der Waals surface area contributed by atoms with Gasteiger partial charge in [0, 0.05) is 6.04 Å². The van der Waals surface area contributed by atoms with E-state index in [9.17, 15) is 4.79 Å². The number of amides is 1. The molecular weight excluding hydrogens is 384 g/mol. The third-order valence-electron chi connectivity index (χ3n) is 4.42. The Morgan fingerprint density at radius 3 is 2.68 bits per heavy atom. The molecule has 1 aromatic heterocycles. The van der Waals surface area contributed by atoms with E-state index in [0.717, 1.165) is 5.56 Å². The molecule has 1 saturated heterocycles. The van der Waals surface area contributed by atoms with Crippen LogP contribution in [0.15, 0.2) is 43.0 Å². The normalized spacial score (nSPS) is 24.4. The highest BCUT2D eigenvalue weighted by molar-refractivity contribution is 9.09. The van der Waals surface area contributed by atoms with Gasteiger partial charge in [-0.25, -0.2) is 10.4 Å². The summed E-state index contributed by atoms with van der Waals surface area (Å²) in [6.07, 6.45) is 3.15. The lowest BCUT2D eigenvalue weighted by molar-refractivity contribution is -0.123. The van der Waals surface area contributed by atoms with Gasteiger partial charge in [-0.15, -0.1) is 0 Å². The minimum atomic E-state index is -0.339. The first-order valence-electron chi connectivity index (χ1n) is 8.39. The van der Waals surface area contributed by atoms with E-state index in [4.69, 9.17) is 0 Å². The Hall–Kier alpha value is -1.77. The Bertz CT molecular complexity index is 678. The molecule has 2 aromatic rings. The van der Waals surface area contributed by atoms with Gasteiger partial charge in [0.15, 0.2) is 0 Å². The summed E-state index contributed by atoms with van der Waals surface area (Å²) in [4.78, 5) is 16.8. The maximum absolute atomic E-state index is 12.8. The first kappa shape index (κ1) is 18.0. The first-order valence-corrected chi connectivity index (χ1v) is 9.30. The molecule has 1 aliphatic rings. The van der Waals surface area contributed by atoms with Gasteiger partial charge in [0.2, 0.25) is 5.91 Å². The Kier molecular flexibility index (Phi) is 5.82. The lowest BCUT2D eigenvalue weighted by Gasteiger charge is -2.23. The zero-order valence-electron chi connectivity index (χ0n) is 14.3. The number of carbonyl (C=O) groups excluding carboxylic acids is 1. The van der Waals surface area contributed by atoms with Crippen LogP contribution in [0.2, 0.25) is 0 Å². The van der Waals surface area contributed by atoms with Crippen LogP contribution < -0.4 is 16.2 Å². The predicted molar refractivity (Wildman–Crippen MR) is 98.7 cm³/mol. The number of halogens is 1. The summed E-state index contributed by atoms with van der Waals surface area (Å²) in [5, 5.41) is 7.30. The zero-order chi connectivity index (χ0) is 17.8. The van der Waals surface area contributed by atoms with E-state index in [1.54, 1.807) is 11.0 Å². The first-order chi connectivity index (χ1) is 12.1. The van der Waals surface area contributed by atoms with Crippen molar-refractivity contribution in [2.24, 2.45) is 5.92 Å². The summed E-state index contributed by atoms with van der Waals surface area (Å²) in [6, 6.07) is 9.57. The summed E-state index contributed by atoms with van der Waals surface area (Å²) in [5.41, 5.74) is 7.35. The Morgan fingerprint density at radius 2 is 2.08 bits per heavy atom. The molecule has 0 aliphatic carbocycles. The van der Waals surface area contributed by atoms with Gasteiger partial charge in [0.25, 0.3) is 0 Å². The fourth-order valence-corrected chi connectivity index (χ4v) is 4.11. The lowest BCUT2D eigenvalue weighted by Crippen LogP contribution is -2.47. The number of nitrogens with zero attached hydrogens (tertiary/aromatic N) is 3. The number of hydrogen-bond donors (Lipinski definition) is 3. The second-order valence-electron chi connectivity index (χ2n) is 6.57. The van der Waals surface area contributed by atoms with Crippen molar-refractivity contribution in [3.8, 4) is 0 Å². The Balaban J connectivity index is 1.73. The number of benzene rings is 1. The van der Waals surface area contributed by atoms with E-state index in [0.29, 0.717) is 12.5 Å². The molecule has 3 rings (SSSR count). The second kappa shape index (κ2) is 8.07. The number of rotatable bonds is 6. The van der Waals surface area contributed by atoms with Gasteiger partial charge < -0.3 is 5.32 Å². The third kappa shape index (κ3) is 4.26. The van der Waals surface area contributed by atoms with Crippen molar-refractivity contribution >= 4 is 21.8 Å². The van der Waals surface area contributed by atoms with E-state index in [1.165, 1.54) is 6.33 Å². The Labute approximate surface area is 155 Å². The van der Waals surface area contributed by atoms with E-state index in [-0.39, 0.29) is 28.9 Å². The quantitative estimate of drug-likeness (QED) is 0.631. The van der Waals surface area contributed by atoms with Crippen molar-refractivity contribution in [2.75, 3.05) is 0 Å². The number of hydrazine groups is 1. The molecule has 1 aromatic carbocycles. The highest BCUT2D eigenvalue weighted by Gasteiger charge is 2.40. The molecule has 1 aliphatic heterocycles. The standard InChI is InChI=1S/C17H23BrN6O/c1-11(2)15-14(18)16(23-22-15)17(25)21-13(8-24-10-19-9-20-24)12-6-4-3-5-7-12/h3-7,9-11,13-16,22-23H,8H2,1-2H3,(H,21,25). The highest BCUT2D eigenvalue weighted by Crippen LogP contribution is 2.23. The summed E-state index contributed by atoms with van der Waals surface area (Å²) in [5.74, 6) is 0.362. The summed E-state index contributed by atoms with van der Waals surface area (Å²) >= 11 is 3.67. The Morgan fingerprint density at radius 1 is 1.32 bits per heavy atom. The van der Waals surface area contributed by atoms with Gasteiger partial charge in [-0.1, -0.05) is 60.1 Å². The minimum Gasteiger partial charge on any atom is -0.346 e. The van der Waals surface area contributed by atoms with Crippen LogP contribution >= 0.6 is 15.9 Å². The number of nitrogens with one attached hydrogen (secondary N) is 3. The third-order valence-corrected chi connectivity index (χ3v) is 5.52. The van der Waals surface area contributed by atoms with Crippen molar-refractivity contribution in [1.29, 1.82) is 0 Å². The van der Waals surface area contributed by atoms with Gasteiger partial charge in [-0.05, 0) is 11.5 Å². The van der Waals surface area contributed by atoms with Crippen molar-refractivity contribution in [3.63, 3.8) is 0 Å². The van der Waals surface area contributed by atoms with Crippen LogP contribution in [0.3, 0.4) is 0 Å². The monoisotopic (exact) mass is 406 g/mol. The second-order valence-corrected chi connectivity index (χ2v) is 7.63. The van der Waals surface area contributed by atoms with Crippen LogP contribution in [0.5, 0.6) is 0 Å². The van der Waals surface area contributed by atoms with Crippen LogP contribution in [0.4, 0.5) is 0 Å². The fourth-order valence-electron chi connectivity index (χ4n) is 2.99. The van der Waals surface area contributed by atoms with E-state index in [2.05, 4.69) is 56.0 Å². The number of carbonyl (C=O) groups is 1. The molecule has 0 bridgehead atoms. The van der Waals surface area contributed by atoms with Crippen LogP contribution in [0.25, 0.3) is 0 Å². The van der Waals surface area contributed by atoms with Crippen LogP contribution in [0.1, 0.15) is 25.5 Å². The van der Waals surface area contributed by atoms with Crippen LogP contribution in [-0.2, 0) is 11.3 Å². The summed E-state index contributed by atoms with van der Waals surface area (Å²) in [7, 11) is 0. The molecule has 4 atom stereocenters. The predicted octanol–water partition coefficient (Wildman–Crippen LogP) is 1.40. The molecule has 1 amide bonds. The van der Waals surface area contributed by atoms with Crippen molar-refractivity contribution in [2.45, 2.75) is 43.3 Å². The molecule has 7 nitrogen and oxygen atoms in total. The molecule has 25 heavy (non-hydrogen) atoms. The zero-order valence-corrected chi connectivity index (χ0v) is 15.8. The SMILES string of the molecule is CC(C)C1NNC(C(=O)NC(Cn2cncn2)c2ccccc2)C1Br. The molecule has 0 radical (unpaired) electrons. The van der Waals surface area contributed by atoms with E-state index < -0.39 is 0 Å². The topological polar surface area (TPSA) is 83.9 Å². The van der Waals surface area contributed by atoms with Gasteiger partial charge in [-0.2, -0.15) is 5.10 Å². The average Bonchev–Trinajstić information content (AvgIpc) is 3.24. The smallest absolute Gasteiger partial charge is 0.240 e. The van der Waals surface area contributed by atoms with E-state index >= 15 is 0 Å². The van der Waals surface area contributed by atoms with Gasteiger partial charge >= 0.3 is 0 Å². The largest absolute Gasteiger partial charge is 0.346 e. The number of aromatic nitrogens is 3. The molecule has 134 valence electrons. The van der Waals surface area contributed by atoms with Crippen LogP contribution in [0, 0.1) is 5.92 Å². The number of hydrogen-bond acceptors (Lipinski definition) is 5. The van der Waals surface area contributed by atoms with Crippen molar-refractivity contribution in [3.05, 3.63) is 48.5 Å². The summed E-state index contributed by atoms with van der Waals surface area (Å²) < 4.78 is 1.72. The molecule has 1 fully saturated rings. The molecular formula is C17H23BrN6O. The van der Waals surface area contributed by atoms with Gasteiger partial charge in [0.1, 0.15) is 18.7 Å². The van der Waals surface area contributed by atoms with E-state index in [1.807, 2.05) is 30.3 Å². The molecule has 0 saturated carbocycles. The maximum atomic E-state index is 12.8. The molecule has 4 unspecified atom stereocenters. The van der Waals surface area contributed by atoms with Gasteiger partial charge in [0.05, 0.1) is 17.4 Å². The minimum absolute atomic E-state index is 0.0234. The van der Waals surface area contributed by atoms with Gasteiger partial charge in [-0.3, -0.25) is 14.9 Å². The molecule has 0 spiro atoms. The fraction of sp³-hybridized carbons (Fsp3) is 0.471. The highest BCUT2D eigenvalue weighted by atomic mass is 79.9. The van der Waals surface area contributed by atoms with Crippen LogP contribution in [-0.4, -0.2) is 37.6 Å². The summed E-state index contributed by atoms with van der Waals surface area (Å²) in [6.45, 7) is 4.78. The maximum Gasteiger partial charge on any atom is 0.240 e. The van der Waals surface area contributed by atoms with Crippen molar-refractivity contribution < 1.29 is 4.79 Å². The van der Waals surface area contributed by atoms with Crippen molar-refractivity contribution in [1.82, 2.24) is 30.9 Å². The molecule has 2 heterocycles.